The normalized spacial score (nSPS) is 22.6. The molecule has 2 rings (SSSR count). The van der Waals surface area contributed by atoms with Gasteiger partial charge in [0.25, 0.3) is 0 Å². The average molecular weight is 280 g/mol. The van der Waals surface area contributed by atoms with Crippen LogP contribution in [0.15, 0.2) is 24.3 Å². The highest BCUT2D eigenvalue weighted by Crippen LogP contribution is 2.33. The molecule has 1 aliphatic rings. The van der Waals surface area contributed by atoms with E-state index in [9.17, 15) is 9.59 Å². The standard InChI is InChI=1S/C14H16O6/c1-8-6-4-5-7-9(8)14-19-10(12(15)17-2)11(20-14)13(16)18-3/h4-7,10-11,14H,1-3H3/t10-,11-/m1/s1. The van der Waals surface area contributed by atoms with Crippen molar-refractivity contribution < 1.29 is 28.5 Å². The van der Waals surface area contributed by atoms with Gasteiger partial charge in [-0.2, -0.15) is 0 Å². The van der Waals surface area contributed by atoms with Crippen molar-refractivity contribution in [1.29, 1.82) is 0 Å². The number of methoxy groups -OCH3 is 2. The van der Waals surface area contributed by atoms with Gasteiger partial charge in [-0.3, -0.25) is 0 Å². The Hall–Kier alpha value is -1.92. The molecule has 1 fully saturated rings. The van der Waals surface area contributed by atoms with Gasteiger partial charge in [0.2, 0.25) is 0 Å². The summed E-state index contributed by atoms with van der Waals surface area (Å²) in [6, 6.07) is 7.41. The third kappa shape index (κ3) is 2.66. The molecule has 6 nitrogen and oxygen atoms in total. The monoisotopic (exact) mass is 280 g/mol. The van der Waals surface area contributed by atoms with E-state index in [1.807, 2.05) is 31.2 Å². The van der Waals surface area contributed by atoms with Crippen molar-refractivity contribution in [3.8, 4) is 0 Å². The van der Waals surface area contributed by atoms with E-state index in [0.29, 0.717) is 0 Å². The second-order valence-electron chi connectivity index (χ2n) is 4.35. The molecular formula is C14H16O6. The molecule has 1 saturated heterocycles. The van der Waals surface area contributed by atoms with Gasteiger partial charge in [0.15, 0.2) is 18.5 Å². The van der Waals surface area contributed by atoms with E-state index in [4.69, 9.17) is 9.47 Å². The minimum Gasteiger partial charge on any atom is -0.467 e. The smallest absolute Gasteiger partial charge is 0.338 e. The number of aryl methyl sites for hydroxylation is 1. The van der Waals surface area contributed by atoms with Crippen LogP contribution in [0.2, 0.25) is 0 Å². The maximum absolute atomic E-state index is 11.7. The molecule has 0 aliphatic carbocycles. The maximum atomic E-state index is 11.7. The molecule has 1 heterocycles. The molecule has 0 spiro atoms. The molecule has 0 N–H and O–H groups in total. The number of carbonyl (C=O) groups is 2. The zero-order valence-electron chi connectivity index (χ0n) is 11.5. The third-order valence-corrected chi connectivity index (χ3v) is 3.12. The van der Waals surface area contributed by atoms with Crippen LogP contribution in [0, 0.1) is 6.92 Å². The van der Waals surface area contributed by atoms with Gasteiger partial charge in [0.05, 0.1) is 14.2 Å². The lowest BCUT2D eigenvalue weighted by Gasteiger charge is -2.12. The van der Waals surface area contributed by atoms with Crippen LogP contribution in [0.3, 0.4) is 0 Å². The van der Waals surface area contributed by atoms with Crippen LogP contribution in [0.25, 0.3) is 0 Å². The Labute approximate surface area is 116 Å². The largest absolute Gasteiger partial charge is 0.467 e. The number of ether oxygens (including phenoxy) is 4. The van der Waals surface area contributed by atoms with E-state index in [1.54, 1.807) is 0 Å². The van der Waals surface area contributed by atoms with Gasteiger partial charge in [-0.25, -0.2) is 9.59 Å². The number of carbonyl (C=O) groups excluding carboxylic acids is 2. The van der Waals surface area contributed by atoms with Crippen molar-refractivity contribution in [1.82, 2.24) is 0 Å². The highest BCUT2D eigenvalue weighted by molar-refractivity contribution is 5.86. The second-order valence-corrected chi connectivity index (χ2v) is 4.35. The fourth-order valence-corrected chi connectivity index (χ4v) is 2.03. The van der Waals surface area contributed by atoms with E-state index < -0.39 is 30.4 Å². The number of rotatable bonds is 3. The van der Waals surface area contributed by atoms with Gasteiger partial charge < -0.3 is 18.9 Å². The van der Waals surface area contributed by atoms with Gasteiger partial charge in [0.1, 0.15) is 0 Å². The first kappa shape index (κ1) is 14.5. The Morgan fingerprint density at radius 3 is 1.95 bits per heavy atom. The fourth-order valence-electron chi connectivity index (χ4n) is 2.03. The van der Waals surface area contributed by atoms with Gasteiger partial charge >= 0.3 is 11.9 Å². The van der Waals surface area contributed by atoms with Gasteiger partial charge in [-0.1, -0.05) is 24.3 Å². The summed E-state index contributed by atoms with van der Waals surface area (Å²) >= 11 is 0. The highest BCUT2D eigenvalue weighted by atomic mass is 16.8. The Morgan fingerprint density at radius 2 is 1.50 bits per heavy atom. The van der Waals surface area contributed by atoms with Crippen LogP contribution in [0.5, 0.6) is 0 Å². The molecule has 0 bridgehead atoms. The first-order chi connectivity index (χ1) is 9.58. The molecule has 2 atom stereocenters. The third-order valence-electron chi connectivity index (χ3n) is 3.12. The summed E-state index contributed by atoms with van der Waals surface area (Å²) < 4.78 is 20.3. The van der Waals surface area contributed by atoms with Gasteiger partial charge in [-0.05, 0) is 12.5 Å². The van der Waals surface area contributed by atoms with Crippen LogP contribution in [-0.4, -0.2) is 38.4 Å². The lowest BCUT2D eigenvalue weighted by molar-refractivity contribution is -0.160. The first-order valence-corrected chi connectivity index (χ1v) is 6.10. The van der Waals surface area contributed by atoms with E-state index in [2.05, 4.69) is 9.47 Å². The predicted octanol–water partition coefficient (Wildman–Crippen LogP) is 1.12. The summed E-state index contributed by atoms with van der Waals surface area (Å²) in [6.45, 7) is 1.89. The zero-order chi connectivity index (χ0) is 14.7. The molecule has 1 aromatic carbocycles. The van der Waals surface area contributed by atoms with Crippen LogP contribution in [-0.2, 0) is 28.5 Å². The molecular weight excluding hydrogens is 264 g/mol. The molecule has 0 amide bonds. The van der Waals surface area contributed by atoms with E-state index in [1.165, 1.54) is 14.2 Å². The minimum absolute atomic E-state index is 0.670. The lowest BCUT2D eigenvalue weighted by atomic mass is 10.1. The molecule has 6 heteroatoms. The quantitative estimate of drug-likeness (QED) is 0.773. The molecule has 108 valence electrons. The van der Waals surface area contributed by atoms with E-state index in [0.717, 1.165) is 11.1 Å². The minimum atomic E-state index is -1.13. The number of hydrogen-bond acceptors (Lipinski definition) is 6. The summed E-state index contributed by atoms with van der Waals surface area (Å²) in [5.74, 6) is -1.34. The summed E-state index contributed by atoms with van der Waals surface area (Å²) in [7, 11) is 2.45. The van der Waals surface area contributed by atoms with Crippen molar-refractivity contribution in [2.45, 2.75) is 25.4 Å². The summed E-state index contributed by atoms with van der Waals surface area (Å²) in [4.78, 5) is 23.3. The fraction of sp³-hybridized carbons (Fsp3) is 0.429. The van der Waals surface area contributed by atoms with Gasteiger partial charge in [0, 0.05) is 5.56 Å². The summed E-state index contributed by atoms with van der Waals surface area (Å²) in [5, 5.41) is 0. The zero-order valence-corrected chi connectivity index (χ0v) is 11.5. The molecule has 1 aromatic rings. The van der Waals surface area contributed by atoms with Crippen LogP contribution < -0.4 is 0 Å². The number of hydrogen-bond donors (Lipinski definition) is 0. The maximum Gasteiger partial charge on any atom is 0.338 e. The van der Waals surface area contributed by atoms with Crippen LogP contribution in [0.1, 0.15) is 17.4 Å². The van der Waals surface area contributed by atoms with Crippen molar-refractivity contribution in [2.24, 2.45) is 0 Å². The molecule has 0 radical (unpaired) electrons. The average Bonchev–Trinajstić information content (AvgIpc) is 2.91. The molecule has 0 aromatic heterocycles. The van der Waals surface area contributed by atoms with Crippen molar-refractivity contribution >= 4 is 11.9 Å². The summed E-state index contributed by atoms with van der Waals surface area (Å²) in [6.07, 6.45) is -3.06. The Bertz CT molecular complexity index is 488. The first-order valence-electron chi connectivity index (χ1n) is 6.10. The van der Waals surface area contributed by atoms with Crippen molar-refractivity contribution in [3.63, 3.8) is 0 Å². The topological polar surface area (TPSA) is 71.1 Å². The number of esters is 2. The Kier molecular flexibility index (Phi) is 4.36. The van der Waals surface area contributed by atoms with Gasteiger partial charge in [-0.15, -0.1) is 0 Å². The highest BCUT2D eigenvalue weighted by Gasteiger charge is 2.47. The summed E-state index contributed by atoms with van der Waals surface area (Å²) in [5.41, 5.74) is 1.69. The molecule has 20 heavy (non-hydrogen) atoms. The number of benzene rings is 1. The van der Waals surface area contributed by atoms with E-state index in [-0.39, 0.29) is 0 Å². The van der Waals surface area contributed by atoms with Crippen LogP contribution >= 0.6 is 0 Å². The molecule has 0 saturated carbocycles. The van der Waals surface area contributed by atoms with E-state index >= 15 is 0 Å². The molecule has 0 unspecified atom stereocenters. The van der Waals surface area contributed by atoms with Crippen molar-refractivity contribution in [2.75, 3.05) is 14.2 Å². The predicted molar refractivity (Wildman–Crippen MR) is 67.7 cm³/mol. The Balaban J connectivity index is 2.26. The lowest BCUT2D eigenvalue weighted by Crippen LogP contribution is -2.38. The van der Waals surface area contributed by atoms with Crippen molar-refractivity contribution in [3.05, 3.63) is 35.4 Å². The second kappa shape index (κ2) is 6.02. The SMILES string of the molecule is COC(=O)[C@@H]1OC(c2ccccc2C)O[C@H]1C(=O)OC. The Morgan fingerprint density at radius 1 is 1.00 bits per heavy atom. The van der Waals surface area contributed by atoms with Crippen LogP contribution in [0.4, 0.5) is 0 Å². The molecule has 1 aliphatic heterocycles.